The number of rotatable bonds is 8. The van der Waals surface area contributed by atoms with E-state index in [1.807, 2.05) is 19.9 Å². The van der Waals surface area contributed by atoms with Crippen LogP contribution in [0.15, 0.2) is 44.7 Å². The van der Waals surface area contributed by atoms with Gasteiger partial charge in [0.25, 0.3) is 5.56 Å². The van der Waals surface area contributed by atoms with E-state index in [0.29, 0.717) is 33.1 Å². The predicted molar refractivity (Wildman–Crippen MR) is 136 cm³/mol. The highest BCUT2D eigenvalue weighted by molar-refractivity contribution is 9.10. The monoisotopic (exact) mass is 549 g/mol. The molecule has 180 valence electrons. The highest BCUT2D eigenvalue weighted by atomic mass is 79.9. The molecule has 34 heavy (non-hydrogen) atoms. The van der Waals surface area contributed by atoms with Crippen LogP contribution in [0, 0.1) is 0 Å². The third-order valence-electron chi connectivity index (χ3n) is 5.29. The average Bonchev–Trinajstić information content (AvgIpc) is 2.83. The van der Waals surface area contributed by atoms with Gasteiger partial charge < -0.3 is 14.2 Å². The fourth-order valence-electron chi connectivity index (χ4n) is 3.25. The fraction of sp³-hybridized carbons (Fsp3) is 0.333. The highest BCUT2D eigenvalue weighted by Gasteiger charge is 2.21. The van der Waals surface area contributed by atoms with Crippen LogP contribution in [0.2, 0.25) is 5.02 Å². The topological polar surface area (TPSA) is 92.0 Å². The molecule has 0 aliphatic carbocycles. The normalized spacial score (nSPS) is 13.1. The molecule has 0 saturated carbocycles. The van der Waals surface area contributed by atoms with Gasteiger partial charge in [0.05, 0.1) is 31.3 Å². The van der Waals surface area contributed by atoms with Gasteiger partial charge in [0.2, 0.25) is 0 Å². The van der Waals surface area contributed by atoms with E-state index in [2.05, 4.69) is 21.0 Å². The summed E-state index contributed by atoms with van der Waals surface area (Å²) in [5.74, 6) is 0.488. The van der Waals surface area contributed by atoms with Gasteiger partial charge in [0.15, 0.2) is 17.6 Å². The van der Waals surface area contributed by atoms with Gasteiger partial charge in [-0.05, 0) is 37.6 Å². The van der Waals surface area contributed by atoms with Crippen molar-refractivity contribution in [3.8, 4) is 11.5 Å². The van der Waals surface area contributed by atoms with Crippen LogP contribution in [0.5, 0.6) is 11.5 Å². The molecule has 0 unspecified atom stereocenters. The minimum Gasteiger partial charge on any atom is -0.493 e. The van der Waals surface area contributed by atoms with E-state index in [9.17, 15) is 9.59 Å². The van der Waals surface area contributed by atoms with Crippen LogP contribution in [0.1, 0.15) is 44.5 Å². The molecule has 0 aliphatic rings. The Morgan fingerprint density at radius 1 is 1.26 bits per heavy atom. The summed E-state index contributed by atoms with van der Waals surface area (Å²) < 4.78 is 18.0. The SMILES string of the molecule is CC[C@H](C)c1nc2ccc(Br)cc2c(=O)n1N=Cc1cc(Cl)cc(OC)c1O[C@H](C)C(=O)OC. The molecule has 0 saturated heterocycles. The second-order valence-electron chi connectivity index (χ2n) is 7.61. The first-order valence-corrected chi connectivity index (χ1v) is 11.8. The van der Waals surface area contributed by atoms with Crippen LogP contribution in [-0.4, -0.2) is 42.2 Å². The predicted octanol–water partition coefficient (Wildman–Crippen LogP) is 5.16. The number of carbonyl (C=O) groups excluding carboxylic acids is 1. The summed E-state index contributed by atoms with van der Waals surface area (Å²) in [4.78, 5) is 30.0. The van der Waals surface area contributed by atoms with Crippen LogP contribution in [0.25, 0.3) is 10.9 Å². The number of aromatic nitrogens is 2. The molecule has 8 nitrogen and oxygen atoms in total. The van der Waals surface area contributed by atoms with Crippen LogP contribution in [-0.2, 0) is 9.53 Å². The molecule has 0 radical (unpaired) electrons. The van der Waals surface area contributed by atoms with Crippen molar-refractivity contribution in [3.63, 3.8) is 0 Å². The Morgan fingerprint density at radius 2 is 2.00 bits per heavy atom. The molecular formula is C24H25BrClN3O5. The lowest BCUT2D eigenvalue weighted by Gasteiger charge is -2.18. The summed E-state index contributed by atoms with van der Waals surface area (Å²) >= 11 is 9.67. The summed E-state index contributed by atoms with van der Waals surface area (Å²) in [6.45, 7) is 5.55. The maximum atomic E-state index is 13.4. The fourth-order valence-corrected chi connectivity index (χ4v) is 3.83. The van der Waals surface area contributed by atoms with Gasteiger partial charge in [0.1, 0.15) is 5.82 Å². The summed E-state index contributed by atoms with van der Waals surface area (Å²) in [5.41, 5.74) is 0.698. The zero-order chi connectivity index (χ0) is 25.0. The molecule has 2 aromatic carbocycles. The summed E-state index contributed by atoms with van der Waals surface area (Å²) in [5, 5.41) is 5.26. The molecule has 3 aromatic rings. The van der Waals surface area contributed by atoms with Crippen LogP contribution >= 0.6 is 27.5 Å². The lowest BCUT2D eigenvalue weighted by Crippen LogP contribution is -2.26. The van der Waals surface area contributed by atoms with Crippen molar-refractivity contribution in [3.05, 3.63) is 61.6 Å². The number of benzene rings is 2. The standard InChI is InChI=1S/C24H25BrClN3O5/c1-6-13(2)22-28-19-8-7-16(25)10-18(19)23(30)29(22)27-12-15-9-17(26)11-20(32-4)21(15)34-14(3)24(31)33-5/h7-14H,6H2,1-5H3/t13-,14+/m0/s1. The van der Waals surface area contributed by atoms with E-state index in [0.717, 1.165) is 10.9 Å². The van der Waals surface area contributed by atoms with Crippen molar-refractivity contribution in [1.82, 2.24) is 9.66 Å². The number of fused-ring (bicyclic) bond motifs is 1. The smallest absolute Gasteiger partial charge is 0.346 e. The van der Waals surface area contributed by atoms with Crippen LogP contribution < -0.4 is 15.0 Å². The van der Waals surface area contributed by atoms with Gasteiger partial charge in [0, 0.05) is 27.0 Å². The number of hydrogen-bond donors (Lipinski definition) is 0. The quantitative estimate of drug-likeness (QED) is 0.284. The van der Waals surface area contributed by atoms with E-state index in [1.54, 1.807) is 31.2 Å². The molecule has 1 aromatic heterocycles. The summed E-state index contributed by atoms with van der Waals surface area (Å²) in [6, 6.07) is 8.51. The second kappa shape index (κ2) is 11.0. The number of carbonyl (C=O) groups is 1. The Kier molecular flexibility index (Phi) is 8.33. The van der Waals surface area contributed by atoms with Crippen molar-refractivity contribution in [2.45, 2.75) is 39.2 Å². The van der Waals surface area contributed by atoms with Crippen LogP contribution in [0.3, 0.4) is 0 Å². The molecule has 3 rings (SSSR count). The van der Waals surface area contributed by atoms with E-state index >= 15 is 0 Å². The van der Waals surface area contributed by atoms with Crippen molar-refractivity contribution in [2.24, 2.45) is 5.10 Å². The minimum absolute atomic E-state index is 0.0261. The van der Waals surface area contributed by atoms with Crippen molar-refractivity contribution < 1.29 is 19.0 Å². The Bertz CT molecular complexity index is 1310. The zero-order valence-electron chi connectivity index (χ0n) is 19.5. The van der Waals surface area contributed by atoms with E-state index in [1.165, 1.54) is 25.1 Å². The van der Waals surface area contributed by atoms with Gasteiger partial charge >= 0.3 is 5.97 Å². The Hall–Kier alpha value is -2.91. The molecule has 1 heterocycles. The van der Waals surface area contributed by atoms with Crippen molar-refractivity contribution in [2.75, 3.05) is 14.2 Å². The third kappa shape index (κ3) is 5.42. The minimum atomic E-state index is -0.912. The van der Waals surface area contributed by atoms with Gasteiger partial charge in [-0.25, -0.2) is 9.78 Å². The third-order valence-corrected chi connectivity index (χ3v) is 6.01. The number of esters is 1. The maximum Gasteiger partial charge on any atom is 0.346 e. The summed E-state index contributed by atoms with van der Waals surface area (Å²) in [7, 11) is 2.73. The van der Waals surface area contributed by atoms with Crippen molar-refractivity contribution >= 4 is 50.6 Å². The van der Waals surface area contributed by atoms with Gasteiger partial charge in [-0.3, -0.25) is 4.79 Å². The van der Waals surface area contributed by atoms with E-state index in [4.69, 9.17) is 30.8 Å². The van der Waals surface area contributed by atoms with Gasteiger partial charge in [-0.1, -0.05) is 41.4 Å². The molecule has 0 N–H and O–H groups in total. The van der Waals surface area contributed by atoms with Gasteiger partial charge in [-0.2, -0.15) is 9.78 Å². The van der Waals surface area contributed by atoms with Crippen molar-refractivity contribution in [1.29, 1.82) is 0 Å². The first-order valence-electron chi connectivity index (χ1n) is 10.6. The molecule has 0 spiro atoms. The van der Waals surface area contributed by atoms with Crippen LogP contribution in [0.4, 0.5) is 0 Å². The van der Waals surface area contributed by atoms with E-state index < -0.39 is 12.1 Å². The second-order valence-corrected chi connectivity index (χ2v) is 8.96. The largest absolute Gasteiger partial charge is 0.493 e. The maximum absolute atomic E-state index is 13.4. The van der Waals surface area contributed by atoms with Gasteiger partial charge in [-0.15, -0.1) is 0 Å². The molecule has 0 amide bonds. The Morgan fingerprint density at radius 3 is 2.65 bits per heavy atom. The highest BCUT2D eigenvalue weighted by Crippen LogP contribution is 2.35. The first-order chi connectivity index (χ1) is 16.2. The molecule has 0 fully saturated rings. The lowest BCUT2D eigenvalue weighted by atomic mass is 10.1. The zero-order valence-corrected chi connectivity index (χ0v) is 21.8. The first kappa shape index (κ1) is 25.7. The number of hydrogen-bond acceptors (Lipinski definition) is 7. The number of methoxy groups -OCH3 is 2. The average molecular weight is 551 g/mol. The molecule has 10 heteroatoms. The number of nitrogens with zero attached hydrogens (tertiary/aromatic N) is 3. The molecule has 2 atom stereocenters. The number of ether oxygens (including phenoxy) is 3. The van der Waals surface area contributed by atoms with E-state index in [-0.39, 0.29) is 17.2 Å². The Labute approximate surface area is 210 Å². The molecule has 0 aliphatic heterocycles. The Balaban J connectivity index is 2.19. The molecular weight excluding hydrogens is 526 g/mol. The summed E-state index contributed by atoms with van der Waals surface area (Å²) in [6.07, 6.45) is 1.29. The number of halogens is 2. The molecule has 0 bridgehead atoms. The lowest BCUT2D eigenvalue weighted by molar-refractivity contribution is -0.147.